The number of hydrogen-bond donors (Lipinski definition) is 3. The molecule has 0 atom stereocenters. The van der Waals surface area contributed by atoms with Crippen molar-refractivity contribution in [3.8, 4) is 0 Å². The largest absolute Gasteiger partial charge is 0.395 e. The van der Waals surface area contributed by atoms with E-state index < -0.39 is 0 Å². The highest BCUT2D eigenvalue weighted by molar-refractivity contribution is 5.97. The van der Waals surface area contributed by atoms with Gasteiger partial charge in [-0.25, -0.2) is 0 Å². The van der Waals surface area contributed by atoms with Gasteiger partial charge in [0.2, 0.25) is 0 Å². The summed E-state index contributed by atoms with van der Waals surface area (Å²) in [4.78, 5) is 13.7. The van der Waals surface area contributed by atoms with Gasteiger partial charge < -0.3 is 15.7 Å². The molecule has 2 rings (SSSR count). The number of aliphatic hydroxyl groups is 1. The zero-order chi connectivity index (χ0) is 13.1. The second-order valence-electron chi connectivity index (χ2n) is 4.44. The Kier molecular flexibility index (Phi) is 3.66. The lowest BCUT2D eigenvalue weighted by molar-refractivity contribution is 0.0738. The highest BCUT2D eigenvalue weighted by Crippen LogP contribution is 2.42. The third-order valence-corrected chi connectivity index (χ3v) is 3.03. The molecule has 98 valence electrons. The number of nitrogens with one attached hydrogen (secondary N) is 1. The number of anilines is 1. The SMILES string of the molecule is C=CCN(CCO)C(=O)c1n[nH]c(C2CC2)c1N. The fourth-order valence-corrected chi connectivity index (χ4v) is 1.91. The summed E-state index contributed by atoms with van der Waals surface area (Å²) in [5.41, 5.74) is 7.49. The smallest absolute Gasteiger partial charge is 0.276 e. The lowest BCUT2D eigenvalue weighted by Crippen LogP contribution is -2.34. The van der Waals surface area contributed by atoms with Crippen LogP contribution >= 0.6 is 0 Å². The Morgan fingerprint density at radius 2 is 2.39 bits per heavy atom. The van der Waals surface area contributed by atoms with Crippen LogP contribution in [0, 0.1) is 0 Å². The highest BCUT2D eigenvalue weighted by atomic mass is 16.3. The van der Waals surface area contributed by atoms with E-state index in [9.17, 15) is 4.79 Å². The van der Waals surface area contributed by atoms with E-state index in [4.69, 9.17) is 10.8 Å². The van der Waals surface area contributed by atoms with E-state index in [1.165, 1.54) is 4.90 Å². The van der Waals surface area contributed by atoms with Crippen LogP contribution in [0.2, 0.25) is 0 Å². The number of rotatable bonds is 6. The van der Waals surface area contributed by atoms with Crippen molar-refractivity contribution in [1.82, 2.24) is 15.1 Å². The Labute approximate surface area is 105 Å². The molecular formula is C12H18N4O2. The van der Waals surface area contributed by atoms with Crippen LogP contribution in [0.3, 0.4) is 0 Å². The van der Waals surface area contributed by atoms with E-state index in [1.54, 1.807) is 6.08 Å². The molecule has 4 N–H and O–H groups in total. The van der Waals surface area contributed by atoms with Gasteiger partial charge in [0, 0.05) is 19.0 Å². The van der Waals surface area contributed by atoms with Crippen LogP contribution in [-0.4, -0.2) is 45.8 Å². The summed E-state index contributed by atoms with van der Waals surface area (Å²) in [5, 5.41) is 15.8. The zero-order valence-corrected chi connectivity index (χ0v) is 10.2. The summed E-state index contributed by atoms with van der Waals surface area (Å²) in [6, 6.07) is 0. The molecule has 1 aromatic rings. The van der Waals surface area contributed by atoms with Crippen LogP contribution in [0.25, 0.3) is 0 Å². The van der Waals surface area contributed by atoms with Gasteiger partial charge in [-0.2, -0.15) is 5.10 Å². The molecule has 0 unspecified atom stereocenters. The van der Waals surface area contributed by atoms with Gasteiger partial charge in [0.25, 0.3) is 5.91 Å². The maximum Gasteiger partial charge on any atom is 0.276 e. The Bertz CT molecular complexity index is 451. The minimum absolute atomic E-state index is 0.0978. The molecule has 0 spiro atoms. The van der Waals surface area contributed by atoms with Crippen molar-refractivity contribution < 1.29 is 9.90 Å². The van der Waals surface area contributed by atoms with Crippen molar-refractivity contribution in [2.24, 2.45) is 0 Å². The first kappa shape index (κ1) is 12.6. The first-order valence-electron chi connectivity index (χ1n) is 6.03. The summed E-state index contributed by atoms with van der Waals surface area (Å²) in [5.74, 6) is 0.148. The number of carbonyl (C=O) groups excluding carboxylic acids is 1. The number of nitrogens with zero attached hydrogens (tertiary/aromatic N) is 2. The van der Waals surface area contributed by atoms with Gasteiger partial charge in [0.05, 0.1) is 18.0 Å². The molecule has 0 bridgehead atoms. The maximum atomic E-state index is 12.2. The van der Waals surface area contributed by atoms with E-state index in [2.05, 4.69) is 16.8 Å². The number of amides is 1. The van der Waals surface area contributed by atoms with Crippen LogP contribution in [0.15, 0.2) is 12.7 Å². The molecular weight excluding hydrogens is 232 g/mol. The van der Waals surface area contributed by atoms with Crippen molar-refractivity contribution in [2.75, 3.05) is 25.4 Å². The molecule has 1 heterocycles. The third kappa shape index (κ3) is 2.38. The third-order valence-electron chi connectivity index (χ3n) is 3.03. The van der Waals surface area contributed by atoms with E-state index in [0.29, 0.717) is 18.2 Å². The average molecular weight is 250 g/mol. The van der Waals surface area contributed by atoms with Gasteiger partial charge in [-0.1, -0.05) is 6.08 Å². The Morgan fingerprint density at radius 3 is 2.94 bits per heavy atom. The maximum absolute atomic E-state index is 12.2. The quantitative estimate of drug-likeness (QED) is 0.640. The monoisotopic (exact) mass is 250 g/mol. The molecule has 6 heteroatoms. The second kappa shape index (κ2) is 5.22. The van der Waals surface area contributed by atoms with E-state index in [-0.39, 0.29) is 24.8 Å². The predicted molar refractivity (Wildman–Crippen MR) is 68.2 cm³/mol. The Hall–Kier alpha value is -1.82. The highest BCUT2D eigenvalue weighted by Gasteiger charge is 2.31. The number of nitrogen functional groups attached to an aromatic ring is 1. The van der Waals surface area contributed by atoms with Gasteiger partial charge in [-0.05, 0) is 12.8 Å². The number of H-pyrrole nitrogens is 1. The van der Waals surface area contributed by atoms with E-state index >= 15 is 0 Å². The summed E-state index contributed by atoms with van der Waals surface area (Å²) in [6.45, 7) is 4.10. The minimum atomic E-state index is -0.274. The molecule has 0 aromatic carbocycles. The van der Waals surface area contributed by atoms with Crippen LogP contribution < -0.4 is 5.73 Å². The predicted octanol–water partition coefficient (Wildman–Crippen LogP) is 0.490. The molecule has 6 nitrogen and oxygen atoms in total. The molecule has 1 aliphatic carbocycles. The molecule has 1 fully saturated rings. The van der Waals surface area contributed by atoms with Crippen molar-refractivity contribution in [1.29, 1.82) is 0 Å². The molecule has 18 heavy (non-hydrogen) atoms. The van der Waals surface area contributed by atoms with Gasteiger partial charge in [0.1, 0.15) is 0 Å². The van der Waals surface area contributed by atoms with Gasteiger partial charge in [-0.3, -0.25) is 9.89 Å². The Morgan fingerprint density at radius 1 is 1.67 bits per heavy atom. The zero-order valence-electron chi connectivity index (χ0n) is 10.2. The normalized spacial score (nSPS) is 14.5. The molecule has 1 amide bonds. The first-order chi connectivity index (χ1) is 8.69. The summed E-state index contributed by atoms with van der Waals surface area (Å²) >= 11 is 0. The lowest BCUT2D eigenvalue weighted by atomic mass is 10.2. The average Bonchev–Trinajstić information content (AvgIpc) is 3.12. The van der Waals surface area contributed by atoms with Crippen LogP contribution in [-0.2, 0) is 0 Å². The number of nitrogens with two attached hydrogens (primary N) is 1. The Balaban J connectivity index is 2.18. The molecule has 0 saturated heterocycles. The van der Waals surface area contributed by atoms with Gasteiger partial charge in [0.15, 0.2) is 5.69 Å². The van der Waals surface area contributed by atoms with Crippen molar-refractivity contribution in [3.63, 3.8) is 0 Å². The fraction of sp³-hybridized carbons (Fsp3) is 0.500. The van der Waals surface area contributed by atoms with Crippen molar-refractivity contribution in [2.45, 2.75) is 18.8 Å². The fourth-order valence-electron chi connectivity index (χ4n) is 1.91. The number of aromatic nitrogens is 2. The first-order valence-corrected chi connectivity index (χ1v) is 6.03. The standard InChI is InChI=1S/C12H18N4O2/c1-2-5-16(6-7-17)12(18)11-9(13)10(14-15-11)8-3-4-8/h2,8,17H,1,3-7,13H2,(H,14,15). The van der Waals surface area contributed by atoms with Gasteiger partial charge >= 0.3 is 0 Å². The molecule has 0 aliphatic heterocycles. The second-order valence-corrected chi connectivity index (χ2v) is 4.44. The number of aliphatic hydroxyl groups excluding tert-OH is 1. The number of hydrogen-bond acceptors (Lipinski definition) is 4. The summed E-state index contributed by atoms with van der Waals surface area (Å²) < 4.78 is 0. The number of carbonyl (C=O) groups is 1. The minimum Gasteiger partial charge on any atom is -0.395 e. The molecule has 1 aromatic heterocycles. The molecule has 1 saturated carbocycles. The number of aromatic amines is 1. The van der Waals surface area contributed by atoms with Crippen LogP contribution in [0.5, 0.6) is 0 Å². The van der Waals surface area contributed by atoms with Crippen molar-refractivity contribution >= 4 is 11.6 Å². The van der Waals surface area contributed by atoms with Crippen molar-refractivity contribution in [3.05, 3.63) is 24.0 Å². The molecule has 1 aliphatic rings. The lowest BCUT2D eigenvalue weighted by Gasteiger charge is -2.18. The van der Waals surface area contributed by atoms with Gasteiger partial charge in [-0.15, -0.1) is 6.58 Å². The summed E-state index contributed by atoms with van der Waals surface area (Å²) in [7, 11) is 0. The van der Waals surface area contributed by atoms with Crippen LogP contribution in [0.1, 0.15) is 34.9 Å². The van der Waals surface area contributed by atoms with E-state index in [1.807, 2.05) is 0 Å². The van der Waals surface area contributed by atoms with Crippen LogP contribution in [0.4, 0.5) is 5.69 Å². The topological polar surface area (TPSA) is 95.2 Å². The summed E-state index contributed by atoms with van der Waals surface area (Å²) in [6.07, 6.45) is 3.79. The molecule has 0 radical (unpaired) electrons. The van der Waals surface area contributed by atoms with E-state index in [0.717, 1.165) is 18.5 Å².